The number of halogens is 2. The summed E-state index contributed by atoms with van der Waals surface area (Å²) < 4.78 is 32.5. The van der Waals surface area contributed by atoms with Crippen LogP contribution in [0.5, 0.6) is 5.88 Å². The number of fused-ring (bicyclic) bond motifs is 1. The molecule has 3 heterocycles. The van der Waals surface area contributed by atoms with Crippen molar-refractivity contribution in [3.63, 3.8) is 0 Å². The van der Waals surface area contributed by atoms with Gasteiger partial charge in [0.2, 0.25) is 11.8 Å². The highest BCUT2D eigenvalue weighted by Gasteiger charge is 2.25. The number of piperidine rings is 1. The topological polar surface area (TPSA) is 84.4 Å². The summed E-state index contributed by atoms with van der Waals surface area (Å²) in [6.07, 6.45) is 5.50. The number of aryl methyl sites for hydroxylation is 1. The minimum Gasteiger partial charge on any atom is -0.481 e. The lowest BCUT2D eigenvalue weighted by molar-refractivity contribution is -0.116. The molecule has 2 amide bonds. The van der Waals surface area contributed by atoms with Crippen LogP contribution in [-0.4, -0.2) is 46.9 Å². The van der Waals surface area contributed by atoms with Gasteiger partial charge in [0, 0.05) is 49.0 Å². The number of anilines is 1. The highest BCUT2D eigenvalue weighted by atomic mass is 19.2. The first-order chi connectivity index (χ1) is 18.9. The Balaban J connectivity index is 1.13. The number of pyridine rings is 2. The van der Waals surface area contributed by atoms with Crippen LogP contribution >= 0.6 is 0 Å². The first-order valence-electron chi connectivity index (χ1n) is 12.8. The van der Waals surface area contributed by atoms with Crippen LogP contribution < -0.4 is 10.1 Å². The first-order valence-corrected chi connectivity index (χ1v) is 12.8. The molecule has 5 rings (SSSR count). The Kier molecular flexibility index (Phi) is 7.76. The maximum atomic E-state index is 13.9. The van der Waals surface area contributed by atoms with E-state index in [1.165, 1.54) is 12.3 Å². The molecular formula is C30H28F2N4O3. The molecule has 0 spiro atoms. The van der Waals surface area contributed by atoms with Gasteiger partial charge in [0.1, 0.15) is 5.52 Å². The smallest absolute Gasteiger partial charge is 0.255 e. The predicted octanol–water partition coefficient (Wildman–Crippen LogP) is 5.51. The summed E-state index contributed by atoms with van der Waals surface area (Å²) in [6, 6.07) is 15.6. The van der Waals surface area contributed by atoms with E-state index in [1.807, 2.05) is 36.4 Å². The highest BCUT2D eigenvalue weighted by Crippen LogP contribution is 2.30. The second-order valence-electron chi connectivity index (χ2n) is 9.60. The molecule has 4 aromatic rings. The van der Waals surface area contributed by atoms with Crippen molar-refractivity contribution < 1.29 is 23.1 Å². The standard InChI is InChI=1S/C30H28F2N4O3/c1-39-27-16-19(10-13-33-27)2-9-26(37)35-24-6-3-20(4-7-24)21-11-14-36(15-12-21)30(38)23-17-22-5-8-25(31)28(32)29(22)34-18-23/h3-8,10,13,16-18,21H,2,9,11-12,14-15H2,1H3,(H,35,37). The number of aromatic nitrogens is 2. The third-order valence-corrected chi connectivity index (χ3v) is 7.09. The Labute approximate surface area is 224 Å². The van der Waals surface area contributed by atoms with Gasteiger partial charge in [0.15, 0.2) is 11.6 Å². The Morgan fingerprint density at radius 2 is 1.79 bits per heavy atom. The van der Waals surface area contributed by atoms with Crippen LogP contribution in [0.25, 0.3) is 10.9 Å². The zero-order valence-corrected chi connectivity index (χ0v) is 21.5. The molecule has 7 nitrogen and oxygen atoms in total. The summed E-state index contributed by atoms with van der Waals surface area (Å²) >= 11 is 0. The van der Waals surface area contributed by atoms with E-state index in [4.69, 9.17) is 4.74 Å². The maximum Gasteiger partial charge on any atom is 0.255 e. The lowest BCUT2D eigenvalue weighted by Crippen LogP contribution is -2.38. The molecule has 2 aromatic carbocycles. The summed E-state index contributed by atoms with van der Waals surface area (Å²) in [7, 11) is 1.56. The van der Waals surface area contributed by atoms with Gasteiger partial charge < -0.3 is 15.0 Å². The average molecular weight is 531 g/mol. The molecule has 0 saturated carbocycles. The van der Waals surface area contributed by atoms with Crippen molar-refractivity contribution in [1.82, 2.24) is 14.9 Å². The number of hydrogen-bond donors (Lipinski definition) is 1. The number of likely N-dealkylation sites (tertiary alicyclic amines) is 1. The SMILES string of the molecule is COc1cc(CCC(=O)Nc2ccc(C3CCN(C(=O)c4cnc5c(F)c(F)ccc5c4)CC3)cc2)ccn1. The molecule has 0 bridgehead atoms. The van der Waals surface area contributed by atoms with Crippen LogP contribution in [0.2, 0.25) is 0 Å². The van der Waals surface area contributed by atoms with Crippen molar-refractivity contribution in [3.8, 4) is 5.88 Å². The van der Waals surface area contributed by atoms with E-state index in [9.17, 15) is 18.4 Å². The molecule has 1 aliphatic rings. The molecule has 39 heavy (non-hydrogen) atoms. The van der Waals surface area contributed by atoms with Crippen molar-refractivity contribution in [1.29, 1.82) is 0 Å². The molecule has 1 fully saturated rings. The summed E-state index contributed by atoms with van der Waals surface area (Å²) in [5.74, 6) is -1.39. The van der Waals surface area contributed by atoms with Gasteiger partial charge in [-0.05, 0) is 72.7 Å². The number of methoxy groups -OCH3 is 1. The van der Waals surface area contributed by atoms with Gasteiger partial charge in [-0.2, -0.15) is 0 Å². The van der Waals surface area contributed by atoms with Crippen molar-refractivity contribution >= 4 is 28.4 Å². The fraction of sp³-hybridized carbons (Fsp3) is 0.267. The minimum atomic E-state index is -1.01. The van der Waals surface area contributed by atoms with Crippen molar-refractivity contribution in [2.24, 2.45) is 0 Å². The Morgan fingerprint density at radius 3 is 2.54 bits per heavy atom. The fourth-order valence-electron chi connectivity index (χ4n) is 4.89. The van der Waals surface area contributed by atoms with Crippen molar-refractivity contribution in [2.75, 3.05) is 25.5 Å². The number of benzene rings is 2. The van der Waals surface area contributed by atoms with Crippen LogP contribution in [0, 0.1) is 11.6 Å². The highest BCUT2D eigenvalue weighted by molar-refractivity contribution is 5.97. The van der Waals surface area contributed by atoms with Gasteiger partial charge in [-0.25, -0.2) is 13.8 Å². The predicted molar refractivity (Wildman–Crippen MR) is 144 cm³/mol. The van der Waals surface area contributed by atoms with Gasteiger partial charge in [0.05, 0.1) is 12.7 Å². The maximum absolute atomic E-state index is 13.9. The molecule has 1 aliphatic heterocycles. The number of nitrogens with one attached hydrogen (secondary N) is 1. The van der Waals surface area contributed by atoms with E-state index in [0.717, 1.165) is 35.7 Å². The fourth-order valence-corrected chi connectivity index (χ4v) is 4.89. The molecular weight excluding hydrogens is 502 g/mol. The number of ether oxygens (including phenoxy) is 1. The average Bonchev–Trinajstić information content (AvgIpc) is 2.98. The lowest BCUT2D eigenvalue weighted by atomic mass is 9.89. The van der Waals surface area contributed by atoms with Gasteiger partial charge in [-0.15, -0.1) is 0 Å². The summed E-state index contributed by atoms with van der Waals surface area (Å²) in [5, 5.41) is 3.33. The Hall–Kier alpha value is -4.40. The Morgan fingerprint density at radius 1 is 1.03 bits per heavy atom. The third kappa shape index (κ3) is 6.03. The van der Waals surface area contributed by atoms with Crippen LogP contribution in [0.3, 0.4) is 0 Å². The Bertz CT molecular complexity index is 1500. The molecule has 9 heteroatoms. The number of carbonyl (C=O) groups excluding carboxylic acids is 2. The van der Waals surface area contributed by atoms with E-state index in [1.54, 1.807) is 24.3 Å². The largest absolute Gasteiger partial charge is 0.481 e. The number of nitrogens with zero attached hydrogens (tertiary/aromatic N) is 3. The van der Waals surface area contributed by atoms with E-state index in [2.05, 4.69) is 15.3 Å². The molecule has 0 radical (unpaired) electrons. The zero-order chi connectivity index (χ0) is 27.4. The second-order valence-corrected chi connectivity index (χ2v) is 9.60. The van der Waals surface area contributed by atoms with E-state index < -0.39 is 11.6 Å². The zero-order valence-electron chi connectivity index (χ0n) is 21.5. The van der Waals surface area contributed by atoms with Crippen LogP contribution in [0.15, 0.2) is 67.0 Å². The van der Waals surface area contributed by atoms with Gasteiger partial charge in [-0.3, -0.25) is 14.6 Å². The first kappa shape index (κ1) is 26.2. The molecule has 1 saturated heterocycles. The molecule has 0 unspecified atom stereocenters. The minimum absolute atomic E-state index is 0.0681. The van der Waals surface area contributed by atoms with Gasteiger partial charge in [0.25, 0.3) is 5.91 Å². The molecule has 0 atom stereocenters. The second kappa shape index (κ2) is 11.6. The van der Waals surface area contributed by atoms with Crippen molar-refractivity contribution in [2.45, 2.75) is 31.6 Å². The summed E-state index contributed by atoms with van der Waals surface area (Å²) in [4.78, 5) is 35.3. The van der Waals surface area contributed by atoms with Gasteiger partial charge >= 0.3 is 0 Å². The van der Waals surface area contributed by atoms with E-state index >= 15 is 0 Å². The van der Waals surface area contributed by atoms with Crippen LogP contribution in [0.4, 0.5) is 14.5 Å². The van der Waals surface area contributed by atoms with Crippen molar-refractivity contribution in [3.05, 3.63) is 95.3 Å². The quantitative estimate of drug-likeness (QED) is 0.341. The molecule has 200 valence electrons. The normalized spacial score (nSPS) is 13.9. The van der Waals surface area contributed by atoms with Gasteiger partial charge in [-0.1, -0.05) is 12.1 Å². The molecule has 0 aliphatic carbocycles. The number of amides is 2. The third-order valence-electron chi connectivity index (χ3n) is 7.09. The molecule has 2 aromatic heterocycles. The number of carbonyl (C=O) groups is 2. The van der Waals surface area contributed by atoms with E-state index in [0.29, 0.717) is 48.7 Å². The van der Waals surface area contributed by atoms with Crippen LogP contribution in [0.1, 0.15) is 46.7 Å². The van der Waals surface area contributed by atoms with E-state index in [-0.39, 0.29) is 17.3 Å². The number of hydrogen-bond acceptors (Lipinski definition) is 5. The van der Waals surface area contributed by atoms with Crippen LogP contribution in [-0.2, 0) is 11.2 Å². The molecule has 1 N–H and O–H groups in total. The monoisotopic (exact) mass is 530 g/mol. The summed E-state index contributed by atoms with van der Waals surface area (Å²) in [6.45, 7) is 1.16. The number of rotatable bonds is 7. The lowest BCUT2D eigenvalue weighted by Gasteiger charge is -2.32. The summed E-state index contributed by atoms with van der Waals surface area (Å²) in [5.41, 5.74) is 3.16.